The van der Waals surface area contributed by atoms with Crippen molar-refractivity contribution in [2.75, 3.05) is 0 Å². The van der Waals surface area contributed by atoms with Crippen LogP contribution in [0.2, 0.25) is 0 Å². The van der Waals surface area contributed by atoms with Gasteiger partial charge in [-0.3, -0.25) is 4.40 Å². The van der Waals surface area contributed by atoms with Gasteiger partial charge in [0.15, 0.2) is 5.69 Å². The lowest BCUT2D eigenvalue weighted by atomic mass is 10.0. The van der Waals surface area contributed by atoms with Crippen LogP contribution in [0.4, 0.5) is 0 Å². The summed E-state index contributed by atoms with van der Waals surface area (Å²) < 4.78 is 1.62. The smallest absolute Gasteiger partial charge is 0.354 e. The van der Waals surface area contributed by atoms with Crippen LogP contribution >= 0.6 is 0 Å². The van der Waals surface area contributed by atoms with Gasteiger partial charge in [-0.1, -0.05) is 13.8 Å². The molecule has 0 bridgehead atoms. The Kier molecular flexibility index (Phi) is 3.07. The molecular formula is C13H17N3O2. The summed E-state index contributed by atoms with van der Waals surface area (Å²) in [6.45, 7) is 7.75. The molecule has 0 aliphatic heterocycles. The number of rotatable bonds is 3. The molecule has 5 heteroatoms. The summed E-state index contributed by atoms with van der Waals surface area (Å²) in [5.41, 5.74) is 2.55. The minimum Gasteiger partial charge on any atom is -0.477 e. The fraction of sp³-hybridized carbons (Fsp3) is 0.462. The summed E-state index contributed by atoms with van der Waals surface area (Å²) in [5, 5.41) is 9.40. The van der Waals surface area contributed by atoms with Crippen molar-refractivity contribution in [1.82, 2.24) is 14.4 Å². The topological polar surface area (TPSA) is 67.5 Å². The summed E-state index contributed by atoms with van der Waals surface area (Å²) in [4.78, 5) is 20.2. The molecule has 0 aromatic carbocycles. The first kappa shape index (κ1) is 12.5. The van der Waals surface area contributed by atoms with Gasteiger partial charge in [0.1, 0.15) is 0 Å². The highest BCUT2D eigenvalue weighted by Gasteiger charge is 2.23. The number of aromatic nitrogens is 3. The van der Waals surface area contributed by atoms with Crippen LogP contribution in [-0.2, 0) is 0 Å². The van der Waals surface area contributed by atoms with Crippen LogP contribution in [0.1, 0.15) is 53.8 Å². The lowest BCUT2D eigenvalue weighted by Gasteiger charge is -2.07. The molecule has 0 saturated heterocycles. The molecule has 2 heterocycles. The van der Waals surface area contributed by atoms with Crippen molar-refractivity contribution in [3.05, 3.63) is 28.8 Å². The van der Waals surface area contributed by atoms with Crippen molar-refractivity contribution in [3.8, 4) is 0 Å². The maximum absolute atomic E-state index is 11.5. The van der Waals surface area contributed by atoms with Gasteiger partial charge in [0.25, 0.3) is 0 Å². The van der Waals surface area contributed by atoms with Gasteiger partial charge in [-0.2, -0.15) is 0 Å². The van der Waals surface area contributed by atoms with Crippen LogP contribution in [0.25, 0.3) is 5.78 Å². The number of carboxylic acids is 1. The van der Waals surface area contributed by atoms with Gasteiger partial charge in [0, 0.05) is 17.3 Å². The van der Waals surface area contributed by atoms with Crippen LogP contribution in [0.5, 0.6) is 0 Å². The average Bonchev–Trinajstić information content (AvgIpc) is 2.67. The number of hydrogen-bond acceptors (Lipinski definition) is 3. The Bertz CT molecular complexity index is 616. The predicted molar refractivity (Wildman–Crippen MR) is 68.1 cm³/mol. The van der Waals surface area contributed by atoms with E-state index >= 15 is 0 Å². The molecule has 0 amide bonds. The third kappa shape index (κ3) is 1.85. The van der Waals surface area contributed by atoms with E-state index in [1.54, 1.807) is 4.40 Å². The molecule has 2 aromatic rings. The number of nitrogens with zero attached hydrogens (tertiary/aromatic N) is 3. The highest BCUT2D eigenvalue weighted by Crippen LogP contribution is 2.24. The third-order valence-corrected chi connectivity index (χ3v) is 3.22. The zero-order chi connectivity index (χ0) is 13.4. The maximum atomic E-state index is 11.5. The minimum absolute atomic E-state index is 0.109. The van der Waals surface area contributed by atoms with Gasteiger partial charge in [-0.25, -0.2) is 14.8 Å². The predicted octanol–water partition coefficient (Wildman–Crippen LogP) is 2.56. The van der Waals surface area contributed by atoms with Crippen molar-refractivity contribution < 1.29 is 9.90 Å². The van der Waals surface area contributed by atoms with E-state index in [1.165, 1.54) is 0 Å². The fourth-order valence-electron chi connectivity index (χ4n) is 2.13. The molecule has 2 rings (SSSR count). The van der Waals surface area contributed by atoms with Gasteiger partial charge in [0.2, 0.25) is 5.78 Å². The Labute approximate surface area is 105 Å². The van der Waals surface area contributed by atoms with E-state index in [1.807, 2.05) is 33.8 Å². The summed E-state index contributed by atoms with van der Waals surface area (Å²) >= 11 is 0. The molecule has 1 atom stereocenters. The Hall–Kier alpha value is -1.91. The van der Waals surface area contributed by atoms with Crippen molar-refractivity contribution in [1.29, 1.82) is 0 Å². The molecule has 0 aliphatic rings. The fourth-order valence-corrected chi connectivity index (χ4v) is 2.13. The Morgan fingerprint density at radius 3 is 2.67 bits per heavy atom. The van der Waals surface area contributed by atoms with E-state index in [4.69, 9.17) is 0 Å². The zero-order valence-corrected chi connectivity index (χ0v) is 11.1. The number of carboxylic acid groups (broad SMARTS) is 1. The Morgan fingerprint density at radius 1 is 1.44 bits per heavy atom. The maximum Gasteiger partial charge on any atom is 0.354 e. The molecule has 1 unspecified atom stereocenters. The molecule has 0 saturated carbocycles. The van der Waals surface area contributed by atoms with E-state index in [9.17, 15) is 9.90 Å². The van der Waals surface area contributed by atoms with Crippen LogP contribution in [0.3, 0.4) is 0 Å². The molecule has 5 nitrogen and oxygen atoms in total. The lowest BCUT2D eigenvalue weighted by Crippen LogP contribution is -2.09. The average molecular weight is 247 g/mol. The number of fused-ring (bicyclic) bond motifs is 1. The highest BCUT2D eigenvalue weighted by molar-refractivity contribution is 5.88. The molecule has 0 spiro atoms. The second-order valence-corrected chi connectivity index (χ2v) is 4.63. The largest absolute Gasteiger partial charge is 0.477 e. The second-order valence-electron chi connectivity index (χ2n) is 4.63. The number of aryl methyl sites for hydroxylation is 2. The number of imidazole rings is 1. The molecule has 0 fully saturated rings. The standard InChI is InChI=1S/C13H17N3O2/c1-5-7(2)10-11(12(17)18)16-9(4)6-8(3)14-13(16)15-10/h6-7H,5H2,1-4H3,(H,17,18). The van der Waals surface area contributed by atoms with Crippen LogP contribution in [0, 0.1) is 13.8 Å². The molecule has 18 heavy (non-hydrogen) atoms. The lowest BCUT2D eigenvalue weighted by molar-refractivity contribution is 0.0687. The number of carbonyl (C=O) groups is 1. The molecular weight excluding hydrogens is 230 g/mol. The van der Waals surface area contributed by atoms with E-state index in [0.29, 0.717) is 11.5 Å². The van der Waals surface area contributed by atoms with E-state index in [-0.39, 0.29) is 11.6 Å². The minimum atomic E-state index is -0.952. The number of aromatic carboxylic acids is 1. The summed E-state index contributed by atoms with van der Waals surface area (Å²) in [5.74, 6) is -0.371. The summed E-state index contributed by atoms with van der Waals surface area (Å²) in [7, 11) is 0. The highest BCUT2D eigenvalue weighted by atomic mass is 16.4. The van der Waals surface area contributed by atoms with Crippen molar-refractivity contribution in [3.63, 3.8) is 0 Å². The number of hydrogen-bond donors (Lipinski definition) is 1. The molecule has 2 aromatic heterocycles. The first-order valence-corrected chi connectivity index (χ1v) is 6.05. The third-order valence-electron chi connectivity index (χ3n) is 3.22. The van der Waals surface area contributed by atoms with Crippen LogP contribution in [-0.4, -0.2) is 25.4 Å². The van der Waals surface area contributed by atoms with Gasteiger partial charge in [-0.15, -0.1) is 0 Å². The first-order chi connectivity index (χ1) is 8.45. The first-order valence-electron chi connectivity index (χ1n) is 6.05. The normalized spacial score (nSPS) is 12.9. The van der Waals surface area contributed by atoms with E-state index in [0.717, 1.165) is 17.8 Å². The summed E-state index contributed by atoms with van der Waals surface area (Å²) in [6, 6.07) is 1.86. The van der Waals surface area contributed by atoms with Crippen LogP contribution < -0.4 is 0 Å². The van der Waals surface area contributed by atoms with Crippen molar-refractivity contribution in [2.45, 2.75) is 40.0 Å². The Balaban J connectivity index is 2.84. The SMILES string of the molecule is CCC(C)c1nc2nc(C)cc(C)n2c1C(=O)O. The van der Waals surface area contributed by atoms with Gasteiger partial charge < -0.3 is 5.11 Å². The molecule has 1 N–H and O–H groups in total. The van der Waals surface area contributed by atoms with E-state index in [2.05, 4.69) is 9.97 Å². The monoisotopic (exact) mass is 247 g/mol. The second kappa shape index (κ2) is 4.40. The van der Waals surface area contributed by atoms with Crippen molar-refractivity contribution >= 4 is 11.7 Å². The van der Waals surface area contributed by atoms with Crippen molar-refractivity contribution in [2.24, 2.45) is 0 Å². The molecule has 96 valence electrons. The van der Waals surface area contributed by atoms with Gasteiger partial charge in [-0.05, 0) is 26.3 Å². The quantitative estimate of drug-likeness (QED) is 0.905. The van der Waals surface area contributed by atoms with Gasteiger partial charge >= 0.3 is 5.97 Å². The molecule has 0 radical (unpaired) electrons. The Morgan fingerprint density at radius 2 is 2.11 bits per heavy atom. The zero-order valence-electron chi connectivity index (χ0n) is 11.1. The molecule has 0 aliphatic carbocycles. The van der Waals surface area contributed by atoms with Gasteiger partial charge in [0.05, 0.1) is 5.69 Å². The van der Waals surface area contributed by atoms with E-state index < -0.39 is 5.97 Å². The van der Waals surface area contributed by atoms with Crippen LogP contribution in [0.15, 0.2) is 6.07 Å². The summed E-state index contributed by atoms with van der Waals surface area (Å²) in [6.07, 6.45) is 0.849.